The molecule has 1 aliphatic heterocycles. The van der Waals surface area contributed by atoms with E-state index in [9.17, 15) is 14.4 Å². The summed E-state index contributed by atoms with van der Waals surface area (Å²) in [6.45, 7) is 5.38. The summed E-state index contributed by atoms with van der Waals surface area (Å²) < 4.78 is 0. The van der Waals surface area contributed by atoms with E-state index in [2.05, 4.69) is 17.6 Å². The molecule has 0 bridgehead atoms. The number of hydrogen-bond donors (Lipinski definition) is 3. The number of hydrogen-bond acceptors (Lipinski definition) is 4. The number of allylic oxidation sites excluding steroid dienone is 1. The number of aliphatic hydroxyl groups excluding tert-OH is 1. The fourth-order valence-electron chi connectivity index (χ4n) is 4.89. The van der Waals surface area contributed by atoms with Crippen LogP contribution < -0.4 is 10.6 Å². The summed E-state index contributed by atoms with van der Waals surface area (Å²) in [6, 6.07) is -0.557. The molecule has 0 spiro atoms. The van der Waals surface area contributed by atoms with E-state index < -0.39 is 17.9 Å². The predicted octanol–water partition coefficient (Wildman–Crippen LogP) is 1.86. The van der Waals surface area contributed by atoms with Crippen molar-refractivity contribution >= 4 is 17.7 Å². The van der Waals surface area contributed by atoms with Crippen molar-refractivity contribution in [3.05, 3.63) is 12.2 Å². The monoisotopic (exact) mass is 421 g/mol. The molecular formula is C23H39N3O4. The van der Waals surface area contributed by atoms with Gasteiger partial charge in [-0.05, 0) is 31.6 Å². The predicted molar refractivity (Wildman–Crippen MR) is 116 cm³/mol. The normalized spacial score (nSPS) is 27.8. The summed E-state index contributed by atoms with van der Waals surface area (Å²) in [5.74, 6) is -1.51. The Morgan fingerprint density at radius 1 is 1.07 bits per heavy atom. The van der Waals surface area contributed by atoms with Crippen molar-refractivity contribution in [2.75, 3.05) is 26.7 Å². The molecule has 0 aromatic rings. The van der Waals surface area contributed by atoms with Crippen LogP contribution in [-0.2, 0) is 14.4 Å². The van der Waals surface area contributed by atoms with Crippen LogP contribution in [0.3, 0.4) is 0 Å². The zero-order chi connectivity index (χ0) is 22.1. The second-order valence-corrected chi connectivity index (χ2v) is 8.46. The van der Waals surface area contributed by atoms with Gasteiger partial charge in [0.25, 0.3) is 0 Å². The Labute approximate surface area is 180 Å². The number of amides is 3. The highest BCUT2D eigenvalue weighted by molar-refractivity contribution is 5.96. The topological polar surface area (TPSA) is 98.7 Å². The van der Waals surface area contributed by atoms with Crippen LogP contribution in [0.1, 0.15) is 58.8 Å². The Morgan fingerprint density at radius 3 is 2.43 bits per heavy atom. The number of carbonyl (C=O) groups is 3. The maximum Gasteiger partial charge on any atom is 0.243 e. The number of aliphatic hydroxyl groups is 1. The van der Waals surface area contributed by atoms with Crippen LogP contribution in [-0.4, -0.2) is 60.5 Å². The van der Waals surface area contributed by atoms with Crippen molar-refractivity contribution in [3.63, 3.8) is 0 Å². The zero-order valence-electron chi connectivity index (χ0n) is 18.7. The maximum absolute atomic E-state index is 13.5. The molecule has 1 saturated heterocycles. The lowest BCUT2D eigenvalue weighted by molar-refractivity contribution is -0.140. The number of nitrogens with one attached hydrogen (secondary N) is 2. The Morgan fingerprint density at radius 2 is 1.80 bits per heavy atom. The van der Waals surface area contributed by atoms with E-state index in [-0.39, 0.29) is 36.2 Å². The van der Waals surface area contributed by atoms with Crippen LogP contribution in [0.5, 0.6) is 0 Å². The molecule has 1 aliphatic carbocycles. The van der Waals surface area contributed by atoms with Crippen molar-refractivity contribution in [3.8, 4) is 0 Å². The molecule has 30 heavy (non-hydrogen) atoms. The molecule has 2 rings (SSSR count). The standard InChI is InChI=1S/C23H39N3O4/c1-4-6-13-25-22(29)20-17-12-11-16(5-2)18(21(28)24-3)19(17)23(30)26(20)14-9-7-8-10-15-27/h11-12,16-20,27H,4-10,13-15H2,1-3H3,(H,24,28)(H,25,29)/t16-,17+,18-,19+,20+/m1/s1. The molecule has 0 unspecified atom stereocenters. The van der Waals surface area contributed by atoms with Gasteiger partial charge in [0.05, 0.1) is 11.8 Å². The van der Waals surface area contributed by atoms with Gasteiger partial charge in [-0.2, -0.15) is 0 Å². The molecule has 0 aromatic heterocycles. The van der Waals surface area contributed by atoms with Crippen LogP contribution in [0.15, 0.2) is 12.2 Å². The summed E-state index contributed by atoms with van der Waals surface area (Å²) in [5, 5.41) is 14.7. The molecule has 7 nitrogen and oxygen atoms in total. The van der Waals surface area contributed by atoms with Gasteiger partial charge in [0.1, 0.15) is 6.04 Å². The summed E-state index contributed by atoms with van der Waals surface area (Å²) in [5.41, 5.74) is 0. The van der Waals surface area contributed by atoms with Gasteiger partial charge >= 0.3 is 0 Å². The molecule has 0 saturated carbocycles. The minimum Gasteiger partial charge on any atom is -0.396 e. The number of unbranched alkanes of at least 4 members (excludes halogenated alkanes) is 4. The van der Waals surface area contributed by atoms with Gasteiger partial charge in [0.2, 0.25) is 17.7 Å². The lowest BCUT2D eigenvalue weighted by Gasteiger charge is -2.33. The molecule has 2 aliphatic rings. The Kier molecular flexibility index (Phi) is 9.82. The van der Waals surface area contributed by atoms with Crippen LogP contribution in [0.4, 0.5) is 0 Å². The minimum absolute atomic E-state index is 0.00320. The third-order valence-corrected chi connectivity index (χ3v) is 6.54. The van der Waals surface area contributed by atoms with Gasteiger partial charge in [-0.3, -0.25) is 14.4 Å². The molecular weight excluding hydrogens is 382 g/mol. The summed E-state index contributed by atoms with van der Waals surface area (Å²) in [6.07, 6.45) is 10.0. The van der Waals surface area contributed by atoms with Crippen molar-refractivity contribution in [2.45, 2.75) is 64.8 Å². The van der Waals surface area contributed by atoms with Gasteiger partial charge in [0.15, 0.2) is 0 Å². The van der Waals surface area contributed by atoms with E-state index in [4.69, 9.17) is 5.11 Å². The fraction of sp³-hybridized carbons (Fsp3) is 0.783. The summed E-state index contributed by atoms with van der Waals surface area (Å²) >= 11 is 0. The van der Waals surface area contributed by atoms with Crippen LogP contribution in [0.2, 0.25) is 0 Å². The first-order valence-corrected chi connectivity index (χ1v) is 11.6. The zero-order valence-corrected chi connectivity index (χ0v) is 18.7. The molecule has 7 heteroatoms. The van der Waals surface area contributed by atoms with E-state index in [1.807, 2.05) is 19.1 Å². The van der Waals surface area contributed by atoms with Gasteiger partial charge in [-0.15, -0.1) is 0 Å². The molecule has 3 amide bonds. The first kappa shape index (κ1) is 24.4. The first-order valence-electron chi connectivity index (χ1n) is 11.6. The van der Waals surface area contributed by atoms with E-state index in [0.29, 0.717) is 13.1 Å². The fourth-order valence-corrected chi connectivity index (χ4v) is 4.89. The second-order valence-electron chi connectivity index (χ2n) is 8.46. The van der Waals surface area contributed by atoms with Crippen LogP contribution >= 0.6 is 0 Å². The number of nitrogens with zero attached hydrogens (tertiary/aromatic N) is 1. The SMILES string of the molecule is CCCCNC(=O)[C@@H]1[C@H]2C=C[C@@H](CC)[C@@H](C(=O)NC)[C@H]2C(=O)N1CCCCCCO. The molecule has 0 radical (unpaired) electrons. The van der Waals surface area contributed by atoms with Crippen molar-refractivity contribution in [1.29, 1.82) is 0 Å². The average Bonchev–Trinajstić information content (AvgIpc) is 3.04. The lowest BCUT2D eigenvalue weighted by Crippen LogP contribution is -2.48. The summed E-state index contributed by atoms with van der Waals surface area (Å²) in [4.78, 5) is 41.0. The second kappa shape index (κ2) is 12.1. The highest BCUT2D eigenvalue weighted by atomic mass is 16.3. The summed E-state index contributed by atoms with van der Waals surface area (Å²) in [7, 11) is 1.61. The average molecular weight is 422 g/mol. The van der Waals surface area contributed by atoms with Crippen molar-refractivity contribution in [1.82, 2.24) is 15.5 Å². The smallest absolute Gasteiger partial charge is 0.243 e. The number of rotatable bonds is 12. The lowest BCUT2D eigenvalue weighted by atomic mass is 9.69. The Bertz CT molecular complexity index is 622. The van der Waals surface area contributed by atoms with Crippen LogP contribution in [0.25, 0.3) is 0 Å². The Hall–Kier alpha value is -1.89. The van der Waals surface area contributed by atoms with E-state index in [1.165, 1.54) is 0 Å². The highest BCUT2D eigenvalue weighted by Crippen LogP contribution is 2.44. The highest BCUT2D eigenvalue weighted by Gasteiger charge is 2.56. The molecule has 1 fully saturated rings. The van der Waals surface area contributed by atoms with E-state index in [0.717, 1.165) is 44.9 Å². The molecule has 0 aromatic carbocycles. The molecule has 1 heterocycles. The molecule has 170 valence electrons. The van der Waals surface area contributed by atoms with Gasteiger partial charge in [-0.1, -0.05) is 45.3 Å². The van der Waals surface area contributed by atoms with Crippen LogP contribution in [0, 0.1) is 23.7 Å². The third-order valence-electron chi connectivity index (χ3n) is 6.54. The van der Waals surface area contributed by atoms with E-state index >= 15 is 0 Å². The number of fused-ring (bicyclic) bond motifs is 1. The first-order chi connectivity index (χ1) is 14.5. The number of carbonyl (C=O) groups excluding carboxylic acids is 3. The molecule has 5 atom stereocenters. The minimum atomic E-state index is -0.557. The van der Waals surface area contributed by atoms with Gasteiger partial charge in [0, 0.05) is 32.7 Å². The third kappa shape index (κ3) is 5.42. The number of likely N-dealkylation sites (tertiary alicyclic amines) is 1. The van der Waals surface area contributed by atoms with Crippen molar-refractivity contribution < 1.29 is 19.5 Å². The largest absolute Gasteiger partial charge is 0.396 e. The maximum atomic E-state index is 13.5. The quantitative estimate of drug-likeness (QED) is 0.331. The Balaban J connectivity index is 2.26. The van der Waals surface area contributed by atoms with Gasteiger partial charge < -0.3 is 20.6 Å². The van der Waals surface area contributed by atoms with Crippen molar-refractivity contribution in [2.24, 2.45) is 23.7 Å². The van der Waals surface area contributed by atoms with E-state index in [1.54, 1.807) is 11.9 Å². The van der Waals surface area contributed by atoms with Gasteiger partial charge in [-0.25, -0.2) is 0 Å². The molecule has 3 N–H and O–H groups in total.